The van der Waals surface area contributed by atoms with Gasteiger partial charge in [0.1, 0.15) is 7.05 Å². The van der Waals surface area contributed by atoms with Gasteiger partial charge in [0.25, 0.3) is 0 Å². The number of aromatic nitrogens is 1. The van der Waals surface area contributed by atoms with Crippen LogP contribution in [0.25, 0.3) is 43.6 Å². The first kappa shape index (κ1) is 16.9. The van der Waals surface area contributed by atoms with Crippen LogP contribution in [0.3, 0.4) is 0 Å². The summed E-state index contributed by atoms with van der Waals surface area (Å²) in [7, 11) is 2.15. The van der Waals surface area contributed by atoms with E-state index in [-0.39, 0.29) is 0 Å². The number of fused-ring (bicyclic) bond motifs is 5. The molecule has 5 rings (SSSR count). The van der Waals surface area contributed by atoms with Crippen LogP contribution in [-0.4, -0.2) is 0 Å². The van der Waals surface area contributed by atoms with E-state index in [0.717, 1.165) is 0 Å². The van der Waals surface area contributed by atoms with Crippen molar-refractivity contribution in [1.29, 1.82) is 0 Å². The Morgan fingerprint density at radius 1 is 0.643 bits per heavy atom. The Labute approximate surface area is 165 Å². The normalized spacial score (nSPS) is 11.6. The lowest BCUT2D eigenvalue weighted by atomic mass is 9.92. The first-order valence-corrected chi connectivity index (χ1v) is 9.85. The molecule has 0 saturated heterocycles. The lowest BCUT2D eigenvalue weighted by Crippen LogP contribution is -2.30. The number of hydrogen-bond acceptors (Lipinski definition) is 0. The highest BCUT2D eigenvalue weighted by Gasteiger charge is 2.19. The Bertz CT molecular complexity index is 1390. The van der Waals surface area contributed by atoms with Crippen molar-refractivity contribution >= 4 is 32.3 Å². The van der Waals surface area contributed by atoms with E-state index in [4.69, 9.17) is 0 Å². The van der Waals surface area contributed by atoms with E-state index in [1.54, 1.807) is 0 Å². The minimum atomic E-state index is 1.29. The predicted octanol–water partition coefficient (Wildman–Crippen LogP) is 6.56. The molecule has 28 heavy (non-hydrogen) atoms. The highest BCUT2D eigenvalue weighted by atomic mass is 14.9. The van der Waals surface area contributed by atoms with Crippen LogP contribution in [-0.2, 0) is 7.05 Å². The van der Waals surface area contributed by atoms with Crippen molar-refractivity contribution in [3.63, 3.8) is 0 Å². The van der Waals surface area contributed by atoms with E-state index in [2.05, 4.69) is 105 Å². The van der Waals surface area contributed by atoms with Crippen LogP contribution in [0.5, 0.6) is 0 Å². The Morgan fingerprint density at radius 2 is 1.32 bits per heavy atom. The minimum Gasteiger partial charge on any atom is -0.200 e. The molecule has 0 fully saturated rings. The molecule has 0 radical (unpaired) electrons. The van der Waals surface area contributed by atoms with Crippen molar-refractivity contribution in [2.45, 2.75) is 20.8 Å². The Hall–Kier alpha value is -3.19. The maximum Gasteiger partial charge on any atom is 0.220 e. The van der Waals surface area contributed by atoms with Gasteiger partial charge >= 0.3 is 0 Å². The number of aryl methyl sites for hydroxylation is 3. The van der Waals surface area contributed by atoms with Crippen molar-refractivity contribution in [1.82, 2.24) is 0 Å². The monoisotopic (exact) mass is 362 g/mol. The van der Waals surface area contributed by atoms with Gasteiger partial charge in [-0.15, -0.1) is 0 Å². The van der Waals surface area contributed by atoms with Gasteiger partial charge in [0.15, 0.2) is 6.20 Å². The molecule has 0 aliphatic carbocycles. The van der Waals surface area contributed by atoms with Crippen molar-refractivity contribution in [3.05, 3.63) is 89.6 Å². The maximum absolute atomic E-state index is 2.32. The Balaban J connectivity index is 1.93. The van der Waals surface area contributed by atoms with Crippen molar-refractivity contribution in [2.24, 2.45) is 7.05 Å². The third-order valence-corrected chi connectivity index (χ3v) is 6.11. The summed E-state index contributed by atoms with van der Waals surface area (Å²) in [5.74, 6) is 0. The zero-order chi connectivity index (χ0) is 19.4. The minimum absolute atomic E-state index is 1.29. The average Bonchev–Trinajstić information content (AvgIpc) is 2.70. The summed E-state index contributed by atoms with van der Waals surface area (Å²) < 4.78 is 2.26. The quantitative estimate of drug-likeness (QED) is 0.235. The highest BCUT2D eigenvalue weighted by Crippen LogP contribution is 2.35. The van der Waals surface area contributed by atoms with Gasteiger partial charge in [-0.3, -0.25) is 0 Å². The molecule has 4 aromatic carbocycles. The number of hydrogen-bond donors (Lipinski definition) is 0. The van der Waals surface area contributed by atoms with Crippen LogP contribution in [0.15, 0.2) is 72.9 Å². The third-order valence-electron chi connectivity index (χ3n) is 6.11. The molecule has 0 spiro atoms. The van der Waals surface area contributed by atoms with Crippen LogP contribution in [0, 0.1) is 20.8 Å². The molecular formula is C27H24N+. The summed E-state index contributed by atoms with van der Waals surface area (Å²) in [5, 5.41) is 7.87. The zero-order valence-electron chi connectivity index (χ0n) is 16.9. The van der Waals surface area contributed by atoms with E-state index < -0.39 is 0 Å². The van der Waals surface area contributed by atoms with Crippen molar-refractivity contribution < 1.29 is 4.57 Å². The molecular weight excluding hydrogens is 338 g/mol. The van der Waals surface area contributed by atoms with Gasteiger partial charge in [0, 0.05) is 11.5 Å². The fourth-order valence-corrected chi connectivity index (χ4v) is 4.57. The standard InChI is InChI=1S/C27H24N/c1-17-15-18(2)19(3)26(16-17)27-25-12-11-22-21-8-6-5-7-20(21)9-10-23(22)24(25)13-14-28(27)4/h5-16H,1-4H3/q+1. The van der Waals surface area contributed by atoms with Crippen LogP contribution in [0.2, 0.25) is 0 Å². The zero-order valence-corrected chi connectivity index (χ0v) is 16.9. The summed E-state index contributed by atoms with van der Waals surface area (Å²) in [4.78, 5) is 0. The highest BCUT2D eigenvalue weighted by molar-refractivity contribution is 6.18. The Morgan fingerprint density at radius 3 is 2.18 bits per heavy atom. The van der Waals surface area contributed by atoms with Gasteiger partial charge in [-0.25, -0.2) is 4.57 Å². The van der Waals surface area contributed by atoms with E-state index in [1.165, 1.54) is 60.3 Å². The van der Waals surface area contributed by atoms with Gasteiger partial charge in [-0.05, 0) is 65.6 Å². The SMILES string of the molecule is Cc1cc(C)c(C)c(-c2c3ccc4c5ccccc5ccc4c3cc[n+]2C)c1. The molecule has 0 saturated carbocycles. The third kappa shape index (κ3) is 2.43. The second kappa shape index (κ2) is 6.17. The molecule has 0 aliphatic heterocycles. The van der Waals surface area contributed by atoms with E-state index in [0.29, 0.717) is 0 Å². The van der Waals surface area contributed by atoms with Gasteiger partial charge in [0.2, 0.25) is 5.69 Å². The molecule has 1 heteroatoms. The summed E-state index contributed by atoms with van der Waals surface area (Å²) in [6, 6.07) is 24.6. The Kier molecular flexibility index (Phi) is 3.73. The fourth-order valence-electron chi connectivity index (χ4n) is 4.57. The van der Waals surface area contributed by atoms with Crippen molar-refractivity contribution in [2.75, 3.05) is 0 Å². The fraction of sp³-hybridized carbons (Fsp3) is 0.148. The number of rotatable bonds is 1. The van der Waals surface area contributed by atoms with Gasteiger partial charge in [-0.1, -0.05) is 54.1 Å². The lowest BCUT2D eigenvalue weighted by Gasteiger charge is -2.13. The first-order chi connectivity index (χ1) is 13.5. The van der Waals surface area contributed by atoms with Crippen LogP contribution < -0.4 is 4.57 Å². The number of pyridine rings is 1. The molecule has 0 unspecified atom stereocenters. The average molecular weight is 362 g/mol. The summed E-state index contributed by atoms with van der Waals surface area (Å²) in [6.07, 6.45) is 2.20. The largest absolute Gasteiger partial charge is 0.220 e. The van der Waals surface area contributed by atoms with Gasteiger partial charge in [0.05, 0.1) is 10.9 Å². The van der Waals surface area contributed by atoms with Crippen LogP contribution in [0.4, 0.5) is 0 Å². The van der Waals surface area contributed by atoms with E-state index in [1.807, 2.05) is 0 Å². The molecule has 136 valence electrons. The van der Waals surface area contributed by atoms with E-state index in [9.17, 15) is 0 Å². The summed E-state index contributed by atoms with van der Waals surface area (Å²) in [6.45, 7) is 6.62. The lowest BCUT2D eigenvalue weighted by molar-refractivity contribution is -0.659. The molecule has 5 aromatic rings. The molecule has 1 nitrogen and oxygen atoms in total. The van der Waals surface area contributed by atoms with Gasteiger partial charge in [-0.2, -0.15) is 0 Å². The number of benzene rings is 4. The second-order valence-corrected chi connectivity index (χ2v) is 7.94. The molecule has 0 atom stereocenters. The first-order valence-electron chi connectivity index (χ1n) is 9.85. The smallest absolute Gasteiger partial charge is 0.200 e. The molecule has 0 N–H and O–H groups in total. The molecule has 0 amide bonds. The van der Waals surface area contributed by atoms with Crippen LogP contribution >= 0.6 is 0 Å². The second-order valence-electron chi connectivity index (χ2n) is 7.94. The summed E-state index contributed by atoms with van der Waals surface area (Å²) >= 11 is 0. The molecule has 0 bridgehead atoms. The van der Waals surface area contributed by atoms with Crippen molar-refractivity contribution in [3.8, 4) is 11.3 Å². The molecule has 1 heterocycles. The topological polar surface area (TPSA) is 3.88 Å². The van der Waals surface area contributed by atoms with Gasteiger partial charge < -0.3 is 0 Å². The number of nitrogens with zero attached hydrogens (tertiary/aromatic N) is 1. The van der Waals surface area contributed by atoms with E-state index >= 15 is 0 Å². The summed E-state index contributed by atoms with van der Waals surface area (Å²) in [5.41, 5.74) is 6.62. The molecule has 0 aliphatic rings. The molecule has 1 aromatic heterocycles. The predicted molar refractivity (Wildman–Crippen MR) is 120 cm³/mol. The van der Waals surface area contributed by atoms with Crippen LogP contribution in [0.1, 0.15) is 16.7 Å². The maximum atomic E-state index is 2.32.